The Morgan fingerprint density at radius 2 is 1.57 bits per heavy atom. The Morgan fingerprint density at radius 3 is 2.14 bits per heavy atom. The second-order valence-corrected chi connectivity index (χ2v) is 7.86. The maximum atomic E-state index is 13.8. The van der Waals surface area contributed by atoms with Crippen molar-refractivity contribution in [3.05, 3.63) is 41.5 Å². The number of aryl methyl sites for hydroxylation is 1. The Hall–Kier alpha value is -1.52. The lowest BCUT2D eigenvalue weighted by molar-refractivity contribution is -0.0546. The quantitative estimate of drug-likeness (QED) is 0.209. The number of rotatable bonds is 11. The molecule has 0 N–H and O–H groups in total. The van der Waals surface area contributed by atoms with Crippen LogP contribution in [0.15, 0.2) is 24.3 Å². The number of ether oxygens (including phenoxy) is 1. The van der Waals surface area contributed by atoms with Crippen molar-refractivity contribution in [1.29, 1.82) is 0 Å². The minimum atomic E-state index is -3.24. The van der Waals surface area contributed by atoms with Crippen LogP contribution in [0.5, 0.6) is 5.75 Å². The molecule has 2 rings (SSSR count). The minimum absolute atomic E-state index is 0.499. The second-order valence-electron chi connectivity index (χ2n) is 7.86. The van der Waals surface area contributed by atoms with Crippen LogP contribution in [0.2, 0.25) is 0 Å². The summed E-state index contributed by atoms with van der Waals surface area (Å²) in [6.45, 7) is -1.09. The lowest BCUT2D eigenvalue weighted by atomic mass is 9.78. The van der Waals surface area contributed by atoms with Gasteiger partial charge in [-0.1, -0.05) is 57.6 Å². The summed E-state index contributed by atoms with van der Waals surface area (Å²) in [5.74, 6) is -1.73. The van der Waals surface area contributed by atoms with Crippen molar-refractivity contribution in [2.75, 3.05) is 0 Å². The molecule has 1 nitrogen and oxygen atoms in total. The molecule has 0 aliphatic heterocycles. The average molecular weight is 401 g/mol. The highest BCUT2D eigenvalue weighted by molar-refractivity contribution is 5.31. The second kappa shape index (κ2) is 12.1. The minimum Gasteiger partial charge on any atom is -0.429 e. The molecule has 0 heterocycles. The van der Waals surface area contributed by atoms with Gasteiger partial charge in [-0.2, -0.15) is 8.78 Å². The van der Waals surface area contributed by atoms with Gasteiger partial charge in [-0.15, -0.1) is 0 Å². The standard InChI is InChI=1S/C23H32F4O/c1-2-3-4-5-6-7-8-17-9-11-18(12-10-17)13-14-19-15-20(24)22(21(25)16-19)28-23(26)27/h3-4,15-18,23H,2,5-14H2,1H3/b4-3+/t17-,18-. The van der Waals surface area contributed by atoms with Crippen molar-refractivity contribution < 1.29 is 22.3 Å². The third kappa shape index (κ3) is 7.84. The van der Waals surface area contributed by atoms with E-state index in [9.17, 15) is 17.6 Å². The molecule has 0 amide bonds. The van der Waals surface area contributed by atoms with Crippen LogP contribution in [0.3, 0.4) is 0 Å². The predicted molar refractivity (Wildman–Crippen MR) is 105 cm³/mol. The summed E-state index contributed by atoms with van der Waals surface area (Å²) >= 11 is 0. The number of hydrogen-bond acceptors (Lipinski definition) is 1. The molecule has 0 saturated heterocycles. The van der Waals surface area contributed by atoms with Crippen LogP contribution in [0, 0.1) is 23.5 Å². The van der Waals surface area contributed by atoms with E-state index in [1.165, 1.54) is 38.5 Å². The van der Waals surface area contributed by atoms with E-state index in [0.717, 1.165) is 43.7 Å². The first kappa shape index (κ1) is 22.8. The Kier molecular flexibility index (Phi) is 9.86. The zero-order valence-corrected chi connectivity index (χ0v) is 16.7. The van der Waals surface area contributed by atoms with Crippen LogP contribution >= 0.6 is 0 Å². The van der Waals surface area contributed by atoms with Crippen molar-refractivity contribution >= 4 is 0 Å². The van der Waals surface area contributed by atoms with E-state index < -0.39 is 24.0 Å². The third-order valence-corrected chi connectivity index (χ3v) is 5.71. The molecule has 1 fully saturated rings. The zero-order chi connectivity index (χ0) is 20.4. The normalized spacial score (nSPS) is 20.2. The molecule has 1 aromatic rings. The number of unbranched alkanes of at least 4 members (excludes halogenated alkanes) is 2. The van der Waals surface area contributed by atoms with Crippen LogP contribution in [0.25, 0.3) is 0 Å². The molecule has 1 aliphatic rings. The fraction of sp³-hybridized carbons (Fsp3) is 0.652. The fourth-order valence-electron chi connectivity index (χ4n) is 4.12. The molecule has 1 aromatic carbocycles. The van der Waals surface area contributed by atoms with Gasteiger partial charge in [-0.25, -0.2) is 8.78 Å². The van der Waals surface area contributed by atoms with Gasteiger partial charge in [0, 0.05) is 0 Å². The highest BCUT2D eigenvalue weighted by Gasteiger charge is 2.22. The van der Waals surface area contributed by atoms with Gasteiger partial charge in [0.15, 0.2) is 17.4 Å². The Balaban J connectivity index is 1.69. The molecule has 0 aromatic heterocycles. The van der Waals surface area contributed by atoms with Gasteiger partial charge in [0.05, 0.1) is 0 Å². The van der Waals surface area contributed by atoms with Crippen molar-refractivity contribution in [3.8, 4) is 5.75 Å². The maximum absolute atomic E-state index is 13.8. The van der Waals surface area contributed by atoms with Crippen LogP contribution in [0.4, 0.5) is 17.6 Å². The molecular weight excluding hydrogens is 368 g/mol. The molecule has 158 valence electrons. The highest BCUT2D eigenvalue weighted by atomic mass is 19.3. The summed E-state index contributed by atoms with van der Waals surface area (Å²) in [4.78, 5) is 0. The van der Waals surface area contributed by atoms with Gasteiger partial charge < -0.3 is 4.74 Å². The number of alkyl halides is 2. The van der Waals surface area contributed by atoms with Gasteiger partial charge in [-0.05, 0) is 61.6 Å². The monoisotopic (exact) mass is 400 g/mol. The van der Waals surface area contributed by atoms with Crippen LogP contribution < -0.4 is 4.74 Å². The molecule has 0 spiro atoms. The SMILES string of the molecule is CC/C=C/CCCC[C@H]1CC[C@H](CCc2cc(F)c(OC(F)F)c(F)c2)CC1. The van der Waals surface area contributed by atoms with E-state index >= 15 is 0 Å². The Bertz CT molecular complexity index is 584. The smallest absolute Gasteiger partial charge is 0.387 e. The Labute approximate surface area is 166 Å². The third-order valence-electron chi connectivity index (χ3n) is 5.71. The maximum Gasteiger partial charge on any atom is 0.387 e. The summed E-state index contributed by atoms with van der Waals surface area (Å²) < 4.78 is 55.9. The van der Waals surface area contributed by atoms with E-state index in [1.54, 1.807) is 0 Å². The summed E-state index contributed by atoms with van der Waals surface area (Å²) in [6.07, 6.45) is 16.9. The molecule has 1 aliphatic carbocycles. The molecule has 0 radical (unpaired) electrons. The largest absolute Gasteiger partial charge is 0.429 e. The van der Waals surface area contributed by atoms with E-state index in [-0.39, 0.29) is 0 Å². The summed E-state index contributed by atoms with van der Waals surface area (Å²) in [5, 5.41) is 0. The molecule has 0 unspecified atom stereocenters. The molecule has 0 atom stereocenters. The zero-order valence-electron chi connectivity index (χ0n) is 16.7. The molecule has 0 bridgehead atoms. The molecular formula is C23H32F4O. The van der Waals surface area contributed by atoms with Crippen molar-refractivity contribution in [1.82, 2.24) is 0 Å². The first-order valence-corrected chi connectivity index (χ1v) is 10.6. The van der Waals surface area contributed by atoms with E-state index in [4.69, 9.17) is 0 Å². The fourth-order valence-corrected chi connectivity index (χ4v) is 4.12. The van der Waals surface area contributed by atoms with Gasteiger partial charge in [0.1, 0.15) is 0 Å². The topological polar surface area (TPSA) is 9.23 Å². The van der Waals surface area contributed by atoms with Crippen molar-refractivity contribution in [2.45, 2.75) is 84.2 Å². The average Bonchev–Trinajstić information content (AvgIpc) is 2.66. The van der Waals surface area contributed by atoms with E-state index in [2.05, 4.69) is 23.8 Å². The lowest BCUT2D eigenvalue weighted by Crippen LogP contribution is -2.15. The molecule has 5 heteroatoms. The number of hydrogen-bond donors (Lipinski definition) is 0. The summed E-state index contributed by atoms with van der Waals surface area (Å²) in [5.41, 5.74) is 0.499. The number of benzene rings is 1. The van der Waals surface area contributed by atoms with Gasteiger partial charge in [0.2, 0.25) is 0 Å². The first-order valence-electron chi connectivity index (χ1n) is 10.6. The number of allylic oxidation sites excluding steroid dienone is 2. The number of halogens is 4. The highest BCUT2D eigenvalue weighted by Crippen LogP contribution is 2.35. The first-order chi connectivity index (χ1) is 13.5. The molecule has 28 heavy (non-hydrogen) atoms. The van der Waals surface area contributed by atoms with Crippen molar-refractivity contribution in [2.24, 2.45) is 11.8 Å². The van der Waals surface area contributed by atoms with Gasteiger partial charge >= 0.3 is 6.61 Å². The summed E-state index contributed by atoms with van der Waals surface area (Å²) in [7, 11) is 0. The van der Waals surface area contributed by atoms with Crippen LogP contribution in [-0.2, 0) is 6.42 Å². The van der Waals surface area contributed by atoms with Crippen LogP contribution in [-0.4, -0.2) is 6.61 Å². The Morgan fingerprint density at radius 1 is 0.964 bits per heavy atom. The van der Waals surface area contributed by atoms with E-state index in [0.29, 0.717) is 17.9 Å². The predicted octanol–water partition coefficient (Wildman–Crippen LogP) is 7.83. The van der Waals surface area contributed by atoms with Crippen molar-refractivity contribution in [3.63, 3.8) is 0 Å². The van der Waals surface area contributed by atoms with Crippen LogP contribution in [0.1, 0.15) is 76.7 Å². The van der Waals surface area contributed by atoms with Gasteiger partial charge in [-0.3, -0.25) is 0 Å². The van der Waals surface area contributed by atoms with E-state index in [1.807, 2.05) is 0 Å². The lowest BCUT2D eigenvalue weighted by Gasteiger charge is -2.28. The molecule has 1 saturated carbocycles. The van der Waals surface area contributed by atoms with Gasteiger partial charge in [0.25, 0.3) is 0 Å². The summed E-state index contributed by atoms with van der Waals surface area (Å²) in [6, 6.07) is 2.22.